The number of thiophene rings is 1. The average molecular weight is 225 g/mol. The number of rotatable bonds is 2. The summed E-state index contributed by atoms with van der Waals surface area (Å²) in [7, 11) is 4.85. The van der Waals surface area contributed by atoms with Gasteiger partial charge in [-0.2, -0.15) is 5.26 Å². The van der Waals surface area contributed by atoms with Crippen molar-refractivity contribution in [2.24, 2.45) is 0 Å². The molecule has 0 amide bonds. The average Bonchev–Trinajstić information content (AvgIpc) is 2.54. The molecule has 1 aromatic rings. The van der Waals surface area contributed by atoms with Crippen LogP contribution in [0.5, 0.6) is 0 Å². The molecule has 0 aliphatic heterocycles. The van der Waals surface area contributed by atoms with Crippen LogP contribution < -0.4 is 10.6 Å². The van der Waals surface area contributed by atoms with E-state index in [0.29, 0.717) is 10.6 Å². The van der Waals surface area contributed by atoms with Gasteiger partial charge in [-0.25, -0.2) is 4.79 Å². The van der Waals surface area contributed by atoms with E-state index < -0.39 is 5.97 Å². The van der Waals surface area contributed by atoms with Crippen molar-refractivity contribution in [3.05, 3.63) is 10.4 Å². The number of nitriles is 1. The number of esters is 1. The van der Waals surface area contributed by atoms with Gasteiger partial charge in [-0.05, 0) is 0 Å². The van der Waals surface area contributed by atoms with E-state index >= 15 is 0 Å². The molecule has 0 fully saturated rings. The van der Waals surface area contributed by atoms with E-state index in [1.807, 2.05) is 6.07 Å². The maximum absolute atomic E-state index is 11.3. The van der Waals surface area contributed by atoms with Gasteiger partial charge >= 0.3 is 5.97 Å². The highest BCUT2D eigenvalue weighted by Gasteiger charge is 2.22. The molecule has 0 aromatic carbocycles. The molecule has 5 nitrogen and oxygen atoms in total. The monoisotopic (exact) mass is 225 g/mol. The number of carbonyl (C=O) groups is 1. The molecule has 6 heteroatoms. The van der Waals surface area contributed by atoms with Gasteiger partial charge in [0.15, 0.2) is 0 Å². The second kappa shape index (κ2) is 4.19. The summed E-state index contributed by atoms with van der Waals surface area (Å²) in [5.74, 6) is -0.512. The molecule has 0 radical (unpaired) electrons. The number of ether oxygens (including phenoxy) is 1. The highest BCUT2D eigenvalue weighted by molar-refractivity contribution is 7.18. The molecule has 80 valence electrons. The Morgan fingerprint density at radius 2 is 2.20 bits per heavy atom. The smallest absolute Gasteiger partial charge is 0.350 e. The maximum Gasteiger partial charge on any atom is 0.350 e. The van der Waals surface area contributed by atoms with Gasteiger partial charge in [-0.1, -0.05) is 0 Å². The summed E-state index contributed by atoms with van der Waals surface area (Å²) in [6.07, 6.45) is 0. The lowest BCUT2D eigenvalue weighted by Crippen LogP contribution is -2.08. The van der Waals surface area contributed by atoms with Crippen molar-refractivity contribution in [3.8, 4) is 6.07 Å². The second-order valence-corrected chi connectivity index (χ2v) is 4.02. The third-order valence-corrected chi connectivity index (χ3v) is 3.17. The Kier molecular flexibility index (Phi) is 3.17. The molecule has 0 unspecified atom stereocenters. The molecule has 0 bridgehead atoms. The van der Waals surface area contributed by atoms with Crippen molar-refractivity contribution in [1.82, 2.24) is 0 Å². The lowest BCUT2D eigenvalue weighted by atomic mass is 10.2. The Hall–Kier alpha value is -1.74. The van der Waals surface area contributed by atoms with E-state index in [9.17, 15) is 4.79 Å². The summed E-state index contributed by atoms with van der Waals surface area (Å²) in [5, 5.41) is 9.58. The Labute approximate surface area is 91.7 Å². The van der Waals surface area contributed by atoms with Crippen LogP contribution in [0.4, 0.5) is 10.7 Å². The van der Waals surface area contributed by atoms with Crippen LogP contribution in [-0.2, 0) is 4.74 Å². The van der Waals surface area contributed by atoms with Crippen LogP contribution >= 0.6 is 11.3 Å². The number of hydrogen-bond acceptors (Lipinski definition) is 6. The highest BCUT2D eigenvalue weighted by Crippen LogP contribution is 2.36. The molecule has 0 saturated carbocycles. The van der Waals surface area contributed by atoms with Gasteiger partial charge in [0.1, 0.15) is 21.5 Å². The van der Waals surface area contributed by atoms with Gasteiger partial charge in [-0.15, -0.1) is 11.3 Å². The van der Waals surface area contributed by atoms with Gasteiger partial charge in [0.2, 0.25) is 0 Å². The third kappa shape index (κ3) is 1.87. The Balaban J connectivity index is 3.35. The molecular formula is C9H11N3O2S. The van der Waals surface area contributed by atoms with E-state index in [1.54, 1.807) is 19.0 Å². The molecule has 1 rings (SSSR count). The number of anilines is 2. The van der Waals surface area contributed by atoms with Gasteiger partial charge < -0.3 is 15.4 Å². The first kappa shape index (κ1) is 11.3. The minimum atomic E-state index is -0.512. The fraction of sp³-hybridized carbons (Fsp3) is 0.333. The largest absolute Gasteiger partial charge is 0.465 e. The van der Waals surface area contributed by atoms with E-state index in [4.69, 9.17) is 11.0 Å². The van der Waals surface area contributed by atoms with Crippen molar-refractivity contribution in [1.29, 1.82) is 5.26 Å². The molecule has 0 aliphatic rings. The first-order chi connectivity index (χ1) is 7.02. The highest BCUT2D eigenvalue weighted by atomic mass is 32.1. The van der Waals surface area contributed by atoms with Crippen molar-refractivity contribution in [2.45, 2.75) is 0 Å². The summed E-state index contributed by atoms with van der Waals surface area (Å²) in [6, 6.07) is 1.98. The second-order valence-electron chi connectivity index (χ2n) is 3.02. The predicted molar refractivity (Wildman–Crippen MR) is 59.1 cm³/mol. The Morgan fingerprint density at radius 3 is 2.53 bits per heavy atom. The van der Waals surface area contributed by atoms with Crippen molar-refractivity contribution < 1.29 is 9.53 Å². The van der Waals surface area contributed by atoms with Crippen LogP contribution in [0.25, 0.3) is 0 Å². The molecule has 2 N–H and O–H groups in total. The first-order valence-electron chi connectivity index (χ1n) is 4.11. The summed E-state index contributed by atoms with van der Waals surface area (Å²) in [4.78, 5) is 13.3. The van der Waals surface area contributed by atoms with Crippen LogP contribution in [0.3, 0.4) is 0 Å². The molecule has 1 heterocycles. The van der Waals surface area contributed by atoms with Gasteiger partial charge in [0, 0.05) is 14.1 Å². The quantitative estimate of drug-likeness (QED) is 0.761. The molecule has 15 heavy (non-hydrogen) atoms. The van der Waals surface area contributed by atoms with E-state index in [0.717, 1.165) is 11.3 Å². The zero-order chi connectivity index (χ0) is 11.6. The molecule has 0 spiro atoms. The van der Waals surface area contributed by atoms with Crippen molar-refractivity contribution >= 4 is 28.0 Å². The van der Waals surface area contributed by atoms with Gasteiger partial charge in [-0.3, -0.25) is 0 Å². The number of hydrogen-bond donors (Lipinski definition) is 1. The van der Waals surface area contributed by atoms with Gasteiger partial charge in [0.05, 0.1) is 12.8 Å². The molecule has 0 atom stereocenters. The van der Waals surface area contributed by atoms with Crippen LogP contribution in [0.1, 0.15) is 15.2 Å². The first-order valence-corrected chi connectivity index (χ1v) is 4.92. The Bertz CT molecular complexity index is 431. The molecule has 0 saturated heterocycles. The lowest BCUT2D eigenvalue weighted by Gasteiger charge is -2.08. The third-order valence-electron chi connectivity index (χ3n) is 1.82. The Morgan fingerprint density at radius 1 is 1.60 bits per heavy atom. The standard InChI is InChI=1S/C9H11N3O2S/c1-12(2)8-5(4-10)6(11)7(15-8)9(13)14-3/h11H2,1-3H3. The number of nitrogens with zero attached hydrogens (tertiary/aromatic N) is 2. The lowest BCUT2D eigenvalue weighted by molar-refractivity contribution is 0.0607. The molecule has 0 aliphatic carbocycles. The van der Waals surface area contributed by atoms with Crippen molar-refractivity contribution in [3.63, 3.8) is 0 Å². The zero-order valence-electron chi connectivity index (χ0n) is 8.70. The van der Waals surface area contributed by atoms with Crippen LogP contribution in [0.15, 0.2) is 0 Å². The summed E-state index contributed by atoms with van der Waals surface area (Å²) >= 11 is 1.16. The number of nitrogens with two attached hydrogens (primary N) is 1. The van der Waals surface area contributed by atoms with Crippen LogP contribution in [0.2, 0.25) is 0 Å². The minimum Gasteiger partial charge on any atom is -0.465 e. The minimum absolute atomic E-state index is 0.193. The maximum atomic E-state index is 11.3. The predicted octanol–water partition coefficient (Wildman–Crippen LogP) is 1.05. The zero-order valence-corrected chi connectivity index (χ0v) is 9.51. The van der Waals surface area contributed by atoms with Gasteiger partial charge in [0.25, 0.3) is 0 Å². The van der Waals surface area contributed by atoms with Crippen LogP contribution in [0, 0.1) is 11.3 Å². The summed E-state index contributed by atoms with van der Waals surface area (Å²) < 4.78 is 4.57. The van der Waals surface area contributed by atoms with Crippen molar-refractivity contribution in [2.75, 3.05) is 31.8 Å². The van der Waals surface area contributed by atoms with Crippen LogP contribution in [-0.4, -0.2) is 27.2 Å². The molecular weight excluding hydrogens is 214 g/mol. The summed E-state index contributed by atoms with van der Waals surface area (Å²) in [6.45, 7) is 0. The fourth-order valence-electron chi connectivity index (χ4n) is 1.10. The normalized spacial score (nSPS) is 9.47. The SMILES string of the molecule is COC(=O)c1sc(N(C)C)c(C#N)c1N. The van der Waals surface area contributed by atoms with E-state index in [-0.39, 0.29) is 10.6 Å². The topological polar surface area (TPSA) is 79.3 Å². The van der Waals surface area contributed by atoms with E-state index in [1.165, 1.54) is 7.11 Å². The molecule has 1 aromatic heterocycles. The summed E-state index contributed by atoms with van der Waals surface area (Å²) in [5.41, 5.74) is 6.21. The van der Waals surface area contributed by atoms with E-state index in [2.05, 4.69) is 4.74 Å². The number of methoxy groups -OCH3 is 1. The number of carbonyl (C=O) groups excluding carboxylic acids is 1. The fourth-order valence-corrected chi connectivity index (χ4v) is 2.11. The number of nitrogen functional groups attached to an aromatic ring is 1.